The fraction of sp³-hybridized carbons (Fsp3) is 0.190. The number of rotatable bonds is 8. The minimum atomic E-state index is 0.412. The van der Waals surface area contributed by atoms with Crippen molar-refractivity contribution in [1.82, 2.24) is 20.3 Å². The number of thiophene rings is 1. The molecule has 3 heterocycles. The Kier molecular flexibility index (Phi) is 6.03. The van der Waals surface area contributed by atoms with Gasteiger partial charge in [0, 0.05) is 23.5 Å². The number of aryl methyl sites for hydroxylation is 1. The molecule has 0 atom stereocenters. The molecular weight excluding hydrogens is 452 g/mol. The van der Waals surface area contributed by atoms with Gasteiger partial charge in [0.1, 0.15) is 17.0 Å². The van der Waals surface area contributed by atoms with Crippen molar-refractivity contribution in [3.05, 3.63) is 75.4 Å². The zero-order valence-electron chi connectivity index (χ0n) is 15.8. The van der Waals surface area contributed by atoms with Crippen LogP contribution in [0.2, 0.25) is 0 Å². The monoisotopic (exact) mass is 470 g/mol. The minimum Gasteiger partial charge on any atom is -0.419 e. The van der Waals surface area contributed by atoms with Crippen molar-refractivity contribution in [2.75, 3.05) is 6.54 Å². The molecule has 0 amide bonds. The summed E-state index contributed by atoms with van der Waals surface area (Å²) in [5.74, 6) is 1.59. The molecule has 29 heavy (non-hydrogen) atoms. The van der Waals surface area contributed by atoms with Gasteiger partial charge in [0.25, 0.3) is 5.89 Å². The summed E-state index contributed by atoms with van der Waals surface area (Å²) in [4.78, 5) is 3.45. The smallest absolute Gasteiger partial charge is 0.253 e. The SMILES string of the molecule is C=CCN(Cc1nnc(-c2c(-c3ccccc3)noc2C)o1)Cc1ccc(Br)s1. The summed E-state index contributed by atoms with van der Waals surface area (Å²) in [6, 6.07) is 14.0. The van der Waals surface area contributed by atoms with Crippen molar-refractivity contribution < 1.29 is 8.94 Å². The summed E-state index contributed by atoms with van der Waals surface area (Å²) in [7, 11) is 0. The maximum Gasteiger partial charge on any atom is 0.253 e. The molecule has 8 heteroatoms. The lowest BCUT2D eigenvalue weighted by Gasteiger charge is -2.17. The zero-order valence-corrected chi connectivity index (χ0v) is 18.2. The first-order valence-corrected chi connectivity index (χ1v) is 10.7. The molecule has 148 valence electrons. The first kappa shape index (κ1) is 19.8. The van der Waals surface area contributed by atoms with E-state index in [4.69, 9.17) is 8.94 Å². The highest BCUT2D eigenvalue weighted by molar-refractivity contribution is 9.11. The molecule has 0 fully saturated rings. The van der Waals surface area contributed by atoms with Crippen LogP contribution in [0.3, 0.4) is 0 Å². The maximum atomic E-state index is 5.99. The van der Waals surface area contributed by atoms with E-state index in [2.05, 4.69) is 54.9 Å². The lowest BCUT2D eigenvalue weighted by Crippen LogP contribution is -2.22. The van der Waals surface area contributed by atoms with Gasteiger partial charge in [0.05, 0.1) is 10.3 Å². The van der Waals surface area contributed by atoms with Crippen LogP contribution in [-0.2, 0) is 13.1 Å². The van der Waals surface area contributed by atoms with E-state index in [-0.39, 0.29) is 0 Å². The molecule has 0 aliphatic rings. The molecule has 0 unspecified atom stereocenters. The quantitative estimate of drug-likeness (QED) is 0.307. The van der Waals surface area contributed by atoms with Gasteiger partial charge < -0.3 is 8.94 Å². The zero-order chi connectivity index (χ0) is 20.2. The lowest BCUT2D eigenvalue weighted by atomic mass is 10.1. The van der Waals surface area contributed by atoms with Crippen LogP contribution in [0.4, 0.5) is 0 Å². The Hall–Kier alpha value is -2.55. The highest BCUT2D eigenvalue weighted by atomic mass is 79.9. The standard InChI is InChI=1S/C21H19BrN4O2S/c1-3-11-26(12-16-9-10-17(22)29-16)13-18-23-24-21(27-18)19-14(2)28-25-20(19)15-7-5-4-6-8-15/h3-10H,1,11-13H2,2H3. The van der Waals surface area contributed by atoms with E-state index in [0.717, 1.165) is 28.0 Å². The third kappa shape index (κ3) is 4.55. The highest BCUT2D eigenvalue weighted by Crippen LogP contribution is 2.33. The third-order valence-corrected chi connectivity index (χ3v) is 5.95. The summed E-state index contributed by atoms with van der Waals surface area (Å²) in [5.41, 5.74) is 2.37. The highest BCUT2D eigenvalue weighted by Gasteiger charge is 2.22. The summed E-state index contributed by atoms with van der Waals surface area (Å²) >= 11 is 5.22. The van der Waals surface area contributed by atoms with Crippen molar-refractivity contribution in [3.63, 3.8) is 0 Å². The van der Waals surface area contributed by atoms with Crippen LogP contribution in [0.5, 0.6) is 0 Å². The van der Waals surface area contributed by atoms with Gasteiger partial charge in [0.2, 0.25) is 5.89 Å². The van der Waals surface area contributed by atoms with Gasteiger partial charge in [-0.15, -0.1) is 28.1 Å². The molecular formula is C21H19BrN4O2S. The largest absolute Gasteiger partial charge is 0.419 e. The fourth-order valence-corrected chi connectivity index (χ4v) is 4.58. The van der Waals surface area contributed by atoms with Crippen molar-refractivity contribution in [2.24, 2.45) is 0 Å². The van der Waals surface area contributed by atoms with E-state index in [9.17, 15) is 0 Å². The Morgan fingerprint density at radius 3 is 2.69 bits per heavy atom. The van der Waals surface area contributed by atoms with Gasteiger partial charge in [0.15, 0.2) is 0 Å². The Labute approximate surface area is 181 Å². The van der Waals surface area contributed by atoms with Crippen molar-refractivity contribution in [2.45, 2.75) is 20.0 Å². The van der Waals surface area contributed by atoms with Crippen LogP contribution < -0.4 is 0 Å². The van der Waals surface area contributed by atoms with E-state index < -0.39 is 0 Å². The molecule has 6 nitrogen and oxygen atoms in total. The van der Waals surface area contributed by atoms with Crippen LogP contribution in [0.1, 0.15) is 16.5 Å². The van der Waals surface area contributed by atoms with E-state index >= 15 is 0 Å². The molecule has 4 rings (SSSR count). The molecule has 4 aromatic rings. The number of nitrogens with zero attached hydrogens (tertiary/aromatic N) is 4. The third-order valence-electron chi connectivity index (χ3n) is 4.35. The van der Waals surface area contributed by atoms with Crippen LogP contribution in [-0.4, -0.2) is 26.8 Å². The van der Waals surface area contributed by atoms with Crippen molar-refractivity contribution in [3.8, 4) is 22.7 Å². The van der Waals surface area contributed by atoms with Gasteiger partial charge >= 0.3 is 0 Å². The Morgan fingerprint density at radius 1 is 1.14 bits per heavy atom. The average Bonchev–Trinajstić information content (AvgIpc) is 3.43. The molecule has 1 aromatic carbocycles. The molecule has 3 aromatic heterocycles. The predicted octanol–water partition coefficient (Wildman–Crippen LogP) is 5.71. The van der Waals surface area contributed by atoms with Crippen molar-refractivity contribution in [1.29, 1.82) is 0 Å². The number of halogens is 1. The summed E-state index contributed by atoms with van der Waals surface area (Å²) in [5, 5.41) is 12.7. The van der Waals surface area contributed by atoms with Crippen LogP contribution in [0, 0.1) is 6.92 Å². The van der Waals surface area contributed by atoms with E-state index in [0.29, 0.717) is 29.8 Å². The van der Waals surface area contributed by atoms with E-state index in [1.165, 1.54) is 4.88 Å². The number of hydrogen-bond acceptors (Lipinski definition) is 7. The molecule has 0 aliphatic carbocycles. The predicted molar refractivity (Wildman–Crippen MR) is 116 cm³/mol. The van der Waals surface area contributed by atoms with Crippen LogP contribution in [0.15, 0.2) is 67.8 Å². The first-order valence-electron chi connectivity index (χ1n) is 9.06. The normalized spacial score (nSPS) is 11.3. The Balaban J connectivity index is 1.57. The fourth-order valence-electron chi connectivity index (χ4n) is 3.05. The molecule has 0 spiro atoms. The van der Waals surface area contributed by atoms with Crippen LogP contribution in [0.25, 0.3) is 22.7 Å². The molecule has 0 bridgehead atoms. The molecule has 0 saturated heterocycles. The lowest BCUT2D eigenvalue weighted by molar-refractivity contribution is 0.258. The second-order valence-corrected chi connectivity index (χ2v) is 9.04. The molecule has 0 N–H and O–H groups in total. The second kappa shape index (κ2) is 8.86. The van der Waals surface area contributed by atoms with Crippen molar-refractivity contribution >= 4 is 27.3 Å². The molecule has 0 radical (unpaired) electrons. The van der Waals surface area contributed by atoms with Gasteiger partial charge in [-0.1, -0.05) is 41.6 Å². The van der Waals surface area contributed by atoms with Gasteiger partial charge in [-0.3, -0.25) is 4.90 Å². The second-order valence-electron chi connectivity index (χ2n) is 6.49. The summed E-state index contributed by atoms with van der Waals surface area (Å²) < 4.78 is 12.5. The number of benzene rings is 1. The van der Waals surface area contributed by atoms with Gasteiger partial charge in [-0.2, -0.15) is 0 Å². The Bertz CT molecular complexity index is 1100. The van der Waals surface area contributed by atoms with E-state index in [1.54, 1.807) is 11.3 Å². The van der Waals surface area contributed by atoms with Gasteiger partial charge in [-0.05, 0) is 35.0 Å². The minimum absolute atomic E-state index is 0.412. The number of hydrogen-bond donors (Lipinski definition) is 0. The van der Waals surface area contributed by atoms with E-state index in [1.807, 2.05) is 43.3 Å². The Morgan fingerprint density at radius 2 is 1.97 bits per heavy atom. The topological polar surface area (TPSA) is 68.2 Å². The summed E-state index contributed by atoms with van der Waals surface area (Å²) in [6.07, 6.45) is 1.87. The number of aromatic nitrogens is 3. The molecule has 0 aliphatic heterocycles. The average molecular weight is 471 g/mol. The molecule has 0 saturated carbocycles. The summed E-state index contributed by atoms with van der Waals surface area (Å²) in [6.45, 7) is 7.72. The van der Waals surface area contributed by atoms with Gasteiger partial charge in [-0.25, -0.2) is 0 Å². The van der Waals surface area contributed by atoms with Crippen LogP contribution >= 0.6 is 27.3 Å². The first-order chi connectivity index (χ1) is 14.1. The maximum absolute atomic E-state index is 5.99.